The van der Waals surface area contributed by atoms with Gasteiger partial charge in [0, 0.05) is 35.5 Å². The number of nitrogens with one attached hydrogen (secondary N) is 4. The highest BCUT2D eigenvalue weighted by Gasteiger charge is 2.56. The number of carbonyl (C=O) groups excluding carboxylic acids is 4. The number of alkyl carbamates (subject to hydrolysis) is 2. The van der Waals surface area contributed by atoms with Gasteiger partial charge in [0.15, 0.2) is 0 Å². The molecule has 2 bridgehead atoms. The Morgan fingerprint density at radius 3 is 2.19 bits per heavy atom. The molecule has 2 saturated heterocycles. The SMILES string of the molecule is COC(=O)NC(CS(C)(=O)=O)C(=O)N1C2CCC(C2)C1c1nc2ccc(-c3ccc4c(c3)C(F)(F)c3cc(-c5cnc(C6CC7(CC7)CN6C(=O)C(NC(=O)OC)C(C)C)[nH]5)ccc3-4)cc2[nH]1. The molecule has 4 fully saturated rings. The monoisotopic (exact) mass is 938 g/mol. The Labute approximate surface area is 385 Å². The van der Waals surface area contributed by atoms with Crippen LogP contribution in [0.5, 0.6) is 0 Å². The van der Waals surface area contributed by atoms with Crippen molar-refractivity contribution in [2.24, 2.45) is 17.3 Å². The maximum Gasteiger partial charge on any atom is 0.407 e. The zero-order chi connectivity index (χ0) is 47.3. The molecule has 67 heavy (non-hydrogen) atoms. The zero-order valence-electron chi connectivity index (χ0n) is 37.7. The van der Waals surface area contributed by atoms with Crippen molar-refractivity contribution in [2.75, 3.05) is 32.8 Å². The van der Waals surface area contributed by atoms with E-state index in [4.69, 9.17) is 14.5 Å². The van der Waals surface area contributed by atoms with Crippen molar-refractivity contribution in [1.82, 2.24) is 40.4 Å². The Morgan fingerprint density at radius 2 is 1.52 bits per heavy atom. The van der Waals surface area contributed by atoms with Crippen LogP contribution in [-0.4, -0.2) is 113 Å². The van der Waals surface area contributed by atoms with Gasteiger partial charge in [-0.3, -0.25) is 9.59 Å². The first-order valence-corrected chi connectivity index (χ1v) is 24.6. The molecule has 5 aromatic rings. The first-order chi connectivity index (χ1) is 31.9. The van der Waals surface area contributed by atoms with E-state index in [1.165, 1.54) is 19.2 Å². The van der Waals surface area contributed by atoms with Crippen molar-refractivity contribution in [2.45, 2.75) is 88.5 Å². The lowest BCUT2D eigenvalue weighted by molar-refractivity contribution is -0.137. The Morgan fingerprint density at radius 1 is 0.866 bits per heavy atom. The van der Waals surface area contributed by atoms with Crippen molar-refractivity contribution in [1.29, 1.82) is 0 Å². The number of ether oxygens (including phenoxy) is 2. The van der Waals surface area contributed by atoms with Gasteiger partial charge >= 0.3 is 12.2 Å². The summed E-state index contributed by atoms with van der Waals surface area (Å²) in [6, 6.07) is 12.3. The van der Waals surface area contributed by atoms with Crippen molar-refractivity contribution in [3.8, 4) is 33.5 Å². The molecule has 6 atom stereocenters. The molecule has 352 valence electrons. The van der Waals surface area contributed by atoms with Gasteiger partial charge < -0.3 is 39.9 Å². The van der Waals surface area contributed by atoms with Crippen molar-refractivity contribution >= 4 is 44.9 Å². The summed E-state index contributed by atoms with van der Waals surface area (Å²) >= 11 is 0. The number of sulfone groups is 1. The van der Waals surface area contributed by atoms with Crippen LogP contribution in [0.2, 0.25) is 0 Å². The minimum atomic E-state index is -3.67. The fourth-order valence-electron chi connectivity index (χ4n) is 11.0. The molecule has 4 amide bonds. The Bertz CT molecular complexity index is 2970. The number of alkyl halides is 2. The quantitative estimate of drug-likeness (QED) is 0.107. The van der Waals surface area contributed by atoms with Crippen molar-refractivity contribution in [3.63, 3.8) is 0 Å². The smallest absolute Gasteiger partial charge is 0.407 e. The molecule has 5 aliphatic rings. The summed E-state index contributed by atoms with van der Waals surface area (Å²) < 4.78 is 67.5. The summed E-state index contributed by atoms with van der Waals surface area (Å²) in [6.07, 6.45) is 5.99. The van der Waals surface area contributed by atoms with Crippen LogP contribution in [0.4, 0.5) is 18.4 Å². The number of H-pyrrole nitrogens is 2. The van der Waals surface area contributed by atoms with E-state index in [0.29, 0.717) is 75.6 Å². The normalized spacial score (nSPS) is 22.7. The van der Waals surface area contributed by atoms with E-state index in [-0.39, 0.29) is 46.4 Å². The van der Waals surface area contributed by atoms with E-state index >= 15 is 8.78 Å². The second-order valence-corrected chi connectivity index (χ2v) is 21.6. The number of carbonyl (C=O) groups is 4. The fraction of sp³-hybridized carbons (Fsp3) is 0.458. The minimum Gasteiger partial charge on any atom is -0.453 e. The number of halogens is 2. The van der Waals surface area contributed by atoms with Crippen LogP contribution in [-0.2, 0) is 34.8 Å². The number of piperidine rings is 1. The standard InChI is InChI=1S/C48H52F2N8O8S/c1-24(2)39(56-46(62)66-4)44(60)57-23-47(14-15-47)20-38(57)41-51-21-36(54-41)27-8-12-31-30-11-7-25(17-32(30)48(49,50)33(31)18-27)26-9-13-34-35(19-26)53-42(52-34)40-28-6-10-29(16-28)58(40)43(59)37(22-67(5,63)64)55-45(61)65-3/h7-9,11-13,17-19,21,24,28-29,37-40H,6,10,14-16,20,22-23H2,1-5H3,(H,51,54)(H,52,53)(H,55,61)(H,56,62). The predicted octanol–water partition coefficient (Wildman–Crippen LogP) is 7.00. The average molecular weight is 939 g/mol. The van der Waals surface area contributed by atoms with Gasteiger partial charge in [-0.05, 0) is 102 Å². The molecule has 1 spiro atoms. The van der Waals surface area contributed by atoms with E-state index in [2.05, 4.69) is 25.6 Å². The summed E-state index contributed by atoms with van der Waals surface area (Å²) in [5, 5.41) is 5.10. The summed E-state index contributed by atoms with van der Waals surface area (Å²) in [5.41, 5.74) is 4.15. The van der Waals surface area contributed by atoms with Gasteiger partial charge in [0.1, 0.15) is 33.6 Å². The summed E-state index contributed by atoms with van der Waals surface area (Å²) in [6.45, 7) is 4.26. The van der Waals surface area contributed by atoms with Crippen LogP contribution < -0.4 is 10.6 Å². The van der Waals surface area contributed by atoms with Crippen molar-refractivity contribution in [3.05, 3.63) is 83.6 Å². The molecular formula is C48H52F2N8O8S. The highest BCUT2D eigenvalue weighted by atomic mass is 32.2. The predicted molar refractivity (Wildman–Crippen MR) is 242 cm³/mol. The number of likely N-dealkylation sites (tertiary alicyclic amines) is 2. The summed E-state index contributed by atoms with van der Waals surface area (Å²) in [4.78, 5) is 72.1. The number of hydrogen-bond acceptors (Lipinski definition) is 10. The summed E-state index contributed by atoms with van der Waals surface area (Å²) in [7, 11) is -1.27. The van der Waals surface area contributed by atoms with Crippen LogP contribution in [0.1, 0.15) is 87.2 Å². The second kappa shape index (κ2) is 16.2. The van der Waals surface area contributed by atoms with E-state index < -0.39 is 57.7 Å². The first-order valence-electron chi connectivity index (χ1n) is 22.6. The molecule has 0 radical (unpaired) electrons. The van der Waals surface area contributed by atoms with Gasteiger partial charge in [-0.25, -0.2) is 28.0 Å². The van der Waals surface area contributed by atoms with E-state index in [1.54, 1.807) is 40.3 Å². The van der Waals surface area contributed by atoms with Gasteiger partial charge in [-0.1, -0.05) is 44.2 Å². The maximum absolute atomic E-state index is 16.7. The second-order valence-electron chi connectivity index (χ2n) is 19.4. The van der Waals surface area contributed by atoms with Crippen molar-refractivity contribution < 1.29 is 45.9 Å². The molecular weight excluding hydrogens is 887 g/mol. The van der Waals surface area contributed by atoms with E-state index in [0.717, 1.165) is 39.0 Å². The van der Waals surface area contributed by atoms with Gasteiger partial charge in [0.05, 0.1) is 55.0 Å². The Kier molecular flexibility index (Phi) is 10.7. The minimum absolute atomic E-state index is 0.00656. The number of fused-ring (bicyclic) bond motifs is 6. The average Bonchev–Trinajstić information content (AvgIpc) is 3.96. The lowest BCUT2D eigenvalue weighted by atomic mass is 9.97. The number of nitrogens with zero attached hydrogens (tertiary/aromatic N) is 4. The number of hydrogen-bond donors (Lipinski definition) is 4. The number of methoxy groups -OCH3 is 2. The Hall–Kier alpha value is -6.37. The summed E-state index contributed by atoms with van der Waals surface area (Å²) in [5.74, 6) is -3.72. The number of imidazole rings is 2. The maximum atomic E-state index is 16.7. The molecule has 3 aliphatic carbocycles. The molecule has 19 heteroatoms. The van der Waals surface area contributed by atoms with Crippen LogP contribution in [0.3, 0.4) is 0 Å². The molecule has 2 saturated carbocycles. The molecule has 6 unspecified atom stereocenters. The number of aromatic nitrogens is 4. The third-order valence-electron chi connectivity index (χ3n) is 14.6. The first kappa shape index (κ1) is 44.5. The lowest BCUT2D eigenvalue weighted by Crippen LogP contribution is -2.54. The van der Waals surface area contributed by atoms with Gasteiger partial charge in [0.25, 0.3) is 5.92 Å². The third kappa shape index (κ3) is 7.87. The van der Waals surface area contributed by atoms with Crippen LogP contribution in [0, 0.1) is 17.3 Å². The molecule has 2 aliphatic heterocycles. The van der Waals surface area contributed by atoms with Crippen LogP contribution in [0.15, 0.2) is 60.8 Å². The number of rotatable bonds is 11. The molecule has 4 heterocycles. The Balaban J connectivity index is 0.896. The van der Waals surface area contributed by atoms with E-state index in [9.17, 15) is 27.6 Å². The van der Waals surface area contributed by atoms with E-state index in [1.807, 2.05) is 32.0 Å². The lowest BCUT2D eigenvalue weighted by Gasteiger charge is -2.36. The zero-order valence-corrected chi connectivity index (χ0v) is 38.5. The number of benzene rings is 3. The van der Waals surface area contributed by atoms with Crippen LogP contribution >= 0.6 is 0 Å². The topological polar surface area (TPSA) is 209 Å². The number of aromatic amines is 2. The van der Waals surface area contributed by atoms with Crippen LogP contribution in [0.25, 0.3) is 44.5 Å². The highest BCUT2D eigenvalue weighted by molar-refractivity contribution is 7.90. The number of amides is 4. The molecule has 10 rings (SSSR count). The largest absolute Gasteiger partial charge is 0.453 e. The third-order valence-corrected chi connectivity index (χ3v) is 15.5. The van der Waals surface area contributed by atoms with Gasteiger partial charge in [0.2, 0.25) is 11.8 Å². The fourth-order valence-corrected chi connectivity index (χ4v) is 11.9. The molecule has 4 N–H and O–H groups in total. The van der Waals surface area contributed by atoms with Gasteiger partial charge in [-0.15, -0.1) is 0 Å². The van der Waals surface area contributed by atoms with Gasteiger partial charge in [-0.2, -0.15) is 8.78 Å². The highest BCUT2D eigenvalue weighted by Crippen LogP contribution is 2.59. The molecule has 2 aromatic heterocycles. The molecule has 16 nitrogen and oxygen atoms in total. The molecule has 3 aromatic carbocycles.